The summed E-state index contributed by atoms with van der Waals surface area (Å²) in [6.07, 6.45) is 3.77. The first-order chi connectivity index (χ1) is 10.2. The van der Waals surface area contributed by atoms with Crippen LogP contribution in [0.15, 0.2) is 23.7 Å². The Bertz CT molecular complexity index is 613. The van der Waals surface area contributed by atoms with Crippen LogP contribution in [0.4, 0.5) is 0 Å². The highest BCUT2D eigenvalue weighted by molar-refractivity contribution is 7.10. The van der Waals surface area contributed by atoms with E-state index in [1.807, 2.05) is 16.2 Å². The molecule has 0 spiro atoms. The minimum absolute atomic E-state index is 0.0181. The third-order valence-corrected chi connectivity index (χ3v) is 4.98. The second-order valence-corrected chi connectivity index (χ2v) is 6.29. The Hall–Kier alpha value is -1.82. The normalized spacial score (nSPS) is 16.2. The number of amides is 1. The minimum atomic E-state index is 0.0181. The maximum Gasteiger partial charge on any atom is 0.260 e. The highest BCUT2D eigenvalue weighted by Crippen LogP contribution is 2.32. The van der Waals surface area contributed by atoms with Gasteiger partial charge in [0.25, 0.3) is 5.91 Å². The van der Waals surface area contributed by atoms with E-state index in [4.69, 9.17) is 4.74 Å². The lowest BCUT2D eigenvalue weighted by Crippen LogP contribution is -2.37. The number of hydrogen-bond donors (Lipinski definition) is 0. The summed E-state index contributed by atoms with van der Waals surface area (Å²) in [5.74, 6) is 1.01. The number of thiophene rings is 1. The van der Waals surface area contributed by atoms with Crippen LogP contribution in [-0.2, 0) is 7.05 Å². The fourth-order valence-corrected chi connectivity index (χ4v) is 3.73. The number of carbonyl (C=O) groups excluding carboxylic acids is 1. The van der Waals surface area contributed by atoms with Crippen molar-refractivity contribution in [1.82, 2.24) is 14.7 Å². The Morgan fingerprint density at radius 2 is 2.19 bits per heavy atom. The minimum Gasteiger partial charge on any atom is -0.479 e. The number of aromatic nitrogens is 2. The summed E-state index contributed by atoms with van der Waals surface area (Å²) in [5.41, 5.74) is 0.551. The molecule has 3 rings (SSSR count). The zero-order valence-corrected chi connectivity index (χ0v) is 13.1. The predicted molar refractivity (Wildman–Crippen MR) is 82.0 cm³/mol. The summed E-state index contributed by atoms with van der Waals surface area (Å²) in [5, 5.41) is 6.27. The molecule has 0 unspecified atom stereocenters. The smallest absolute Gasteiger partial charge is 0.260 e. The molecule has 1 aliphatic rings. The number of aryl methyl sites for hydroxylation is 1. The topological polar surface area (TPSA) is 47.4 Å². The van der Waals surface area contributed by atoms with Gasteiger partial charge >= 0.3 is 0 Å². The molecule has 0 radical (unpaired) electrons. The van der Waals surface area contributed by atoms with E-state index < -0.39 is 0 Å². The van der Waals surface area contributed by atoms with Gasteiger partial charge in [-0.05, 0) is 30.2 Å². The molecular formula is C15H19N3O2S. The molecule has 0 N–H and O–H groups in total. The van der Waals surface area contributed by atoms with Crippen LogP contribution in [0.3, 0.4) is 0 Å². The number of ether oxygens (including phenoxy) is 1. The van der Waals surface area contributed by atoms with Gasteiger partial charge < -0.3 is 9.64 Å². The molecule has 6 heteroatoms. The van der Waals surface area contributed by atoms with Gasteiger partial charge in [-0.1, -0.05) is 6.07 Å². The lowest BCUT2D eigenvalue weighted by Gasteiger charge is -2.31. The third-order valence-electron chi connectivity index (χ3n) is 3.95. The first-order valence-electron chi connectivity index (χ1n) is 7.09. The molecule has 0 saturated carbocycles. The number of methoxy groups -OCH3 is 1. The van der Waals surface area contributed by atoms with Gasteiger partial charge in [0.2, 0.25) is 5.88 Å². The van der Waals surface area contributed by atoms with Crippen LogP contribution < -0.4 is 4.74 Å². The van der Waals surface area contributed by atoms with E-state index in [9.17, 15) is 4.79 Å². The predicted octanol–water partition coefficient (Wildman–Crippen LogP) is 2.51. The van der Waals surface area contributed by atoms with Crippen LogP contribution in [0.25, 0.3) is 0 Å². The lowest BCUT2D eigenvalue weighted by molar-refractivity contribution is 0.0710. The molecule has 0 atom stereocenters. The lowest BCUT2D eigenvalue weighted by atomic mass is 9.95. The van der Waals surface area contributed by atoms with Gasteiger partial charge in [0.15, 0.2) is 0 Å². The summed E-state index contributed by atoms with van der Waals surface area (Å²) >= 11 is 1.81. The highest BCUT2D eigenvalue weighted by Gasteiger charge is 2.27. The van der Waals surface area contributed by atoms with E-state index in [1.165, 1.54) is 4.88 Å². The number of likely N-dealkylation sites (tertiary alicyclic amines) is 1. The number of carbonyl (C=O) groups is 1. The molecular weight excluding hydrogens is 286 g/mol. The summed E-state index contributed by atoms with van der Waals surface area (Å²) in [6.45, 7) is 1.58. The van der Waals surface area contributed by atoms with Crippen LogP contribution in [0.2, 0.25) is 0 Å². The molecule has 1 saturated heterocycles. The SMILES string of the molecule is COc1nn(C)cc1C(=O)N1CCC(c2cccs2)CC1. The summed E-state index contributed by atoms with van der Waals surface area (Å²) in [7, 11) is 3.34. The first-order valence-corrected chi connectivity index (χ1v) is 7.97. The number of hydrogen-bond acceptors (Lipinski definition) is 4. The number of rotatable bonds is 3. The third kappa shape index (κ3) is 2.81. The summed E-state index contributed by atoms with van der Waals surface area (Å²) < 4.78 is 6.80. The largest absolute Gasteiger partial charge is 0.479 e. The standard InChI is InChI=1S/C15H19N3O2S/c1-17-10-12(14(16-17)20-2)15(19)18-7-5-11(6-8-18)13-4-3-9-21-13/h3-4,9-11H,5-8H2,1-2H3. The average Bonchev–Trinajstić information content (AvgIpc) is 3.16. The van der Waals surface area contributed by atoms with Gasteiger partial charge in [0, 0.05) is 31.2 Å². The van der Waals surface area contributed by atoms with E-state index in [2.05, 4.69) is 22.6 Å². The van der Waals surface area contributed by atoms with Crippen molar-refractivity contribution in [3.8, 4) is 5.88 Å². The van der Waals surface area contributed by atoms with Crippen molar-refractivity contribution in [3.05, 3.63) is 34.2 Å². The van der Waals surface area contributed by atoms with Gasteiger partial charge in [-0.2, -0.15) is 0 Å². The average molecular weight is 305 g/mol. The van der Waals surface area contributed by atoms with Crippen LogP contribution in [-0.4, -0.2) is 40.8 Å². The Balaban J connectivity index is 1.67. The molecule has 2 aromatic heterocycles. The Morgan fingerprint density at radius 3 is 2.81 bits per heavy atom. The van der Waals surface area contributed by atoms with Gasteiger partial charge in [-0.25, -0.2) is 0 Å². The maximum atomic E-state index is 12.6. The Labute approximate surface area is 128 Å². The molecule has 3 heterocycles. The molecule has 5 nitrogen and oxygen atoms in total. The fourth-order valence-electron chi connectivity index (χ4n) is 2.83. The maximum absolute atomic E-state index is 12.6. The molecule has 1 fully saturated rings. The van der Waals surface area contributed by atoms with Crippen LogP contribution in [0.5, 0.6) is 5.88 Å². The van der Waals surface area contributed by atoms with Gasteiger partial charge in [-0.3, -0.25) is 9.48 Å². The quantitative estimate of drug-likeness (QED) is 0.875. The molecule has 21 heavy (non-hydrogen) atoms. The molecule has 0 aliphatic carbocycles. The van der Waals surface area contributed by atoms with Crippen molar-refractivity contribution < 1.29 is 9.53 Å². The Morgan fingerprint density at radius 1 is 1.43 bits per heavy atom. The number of piperidine rings is 1. The van der Waals surface area contributed by atoms with E-state index >= 15 is 0 Å². The second-order valence-electron chi connectivity index (χ2n) is 5.31. The second kappa shape index (κ2) is 5.89. The van der Waals surface area contributed by atoms with E-state index in [0.29, 0.717) is 17.4 Å². The number of nitrogens with zero attached hydrogens (tertiary/aromatic N) is 3. The molecule has 112 valence electrons. The molecule has 0 bridgehead atoms. The van der Waals surface area contributed by atoms with Gasteiger partial charge in [0.1, 0.15) is 5.56 Å². The van der Waals surface area contributed by atoms with Gasteiger partial charge in [-0.15, -0.1) is 16.4 Å². The zero-order chi connectivity index (χ0) is 14.8. The monoisotopic (exact) mass is 305 g/mol. The molecule has 2 aromatic rings. The van der Waals surface area contributed by atoms with Crippen molar-refractivity contribution in [2.24, 2.45) is 7.05 Å². The fraction of sp³-hybridized carbons (Fsp3) is 0.467. The van der Waals surface area contributed by atoms with Crippen molar-refractivity contribution in [1.29, 1.82) is 0 Å². The van der Waals surface area contributed by atoms with E-state index in [-0.39, 0.29) is 5.91 Å². The molecule has 1 aliphatic heterocycles. The van der Waals surface area contributed by atoms with Crippen molar-refractivity contribution in [2.75, 3.05) is 20.2 Å². The first kappa shape index (κ1) is 14.1. The highest BCUT2D eigenvalue weighted by atomic mass is 32.1. The zero-order valence-electron chi connectivity index (χ0n) is 12.3. The summed E-state index contributed by atoms with van der Waals surface area (Å²) in [6, 6.07) is 4.29. The van der Waals surface area contributed by atoms with Crippen molar-refractivity contribution >= 4 is 17.2 Å². The van der Waals surface area contributed by atoms with Crippen LogP contribution >= 0.6 is 11.3 Å². The Kier molecular flexibility index (Phi) is 3.96. The van der Waals surface area contributed by atoms with Crippen molar-refractivity contribution in [3.63, 3.8) is 0 Å². The van der Waals surface area contributed by atoms with Crippen LogP contribution in [0, 0.1) is 0 Å². The summed E-state index contributed by atoms with van der Waals surface area (Å²) in [4.78, 5) is 15.9. The molecule has 0 aromatic carbocycles. The van der Waals surface area contributed by atoms with E-state index in [1.54, 1.807) is 25.0 Å². The van der Waals surface area contributed by atoms with E-state index in [0.717, 1.165) is 25.9 Å². The van der Waals surface area contributed by atoms with Crippen molar-refractivity contribution in [2.45, 2.75) is 18.8 Å². The molecule has 1 amide bonds. The van der Waals surface area contributed by atoms with Crippen LogP contribution in [0.1, 0.15) is 34.0 Å². The van der Waals surface area contributed by atoms with Gasteiger partial charge in [0.05, 0.1) is 7.11 Å².